The van der Waals surface area contributed by atoms with Crippen molar-refractivity contribution in [2.75, 3.05) is 0 Å². The fraction of sp³-hybridized carbons (Fsp3) is 0. The van der Waals surface area contributed by atoms with E-state index in [0.29, 0.717) is 5.82 Å². The molecule has 8 aromatic carbocycles. The lowest BCUT2D eigenvalue weighted by Crippen LogP contribution is -1.95. The van der Waals surface area contributed by atoms with Crippen LogP contribution in [0.5, 0.6) is 0 Å². The molecule has 0 aliphatic rings. The van der Waals surface area contributed by atoms with Crippen LogP contribution in [0.25, 0.3) is 94.4 Å². The van der Waals surface area contributed by atoms with Gasteiger partial charge in [-0.15, -0.1) is 0 Å². The van der Waals surface area contributed by atoms with Crippen molar-refractivity contribution in [1.29, 1.82) is 0 Å². The van der Waals surface area contributed by atoms with Crippen LogP contribution in [0.15, 0.2) is 200 Å². The van der Waals surface area contributed by atoms with E-state index in [9.17, 15) is 0 Å². The Morgan fingerprint density at radius 3 is 1.23 bits per heavy atom. The molecule has 0 amide bonds. The third kappa shape index (κ3) is 5.65. The van der Waals surface area contributed by atoms with Crippen molar-refractivity contribution < 1.29 is 0 Å². The van der Waals surface area contributed by atoms with Crippen LogP contribution in [-0.2, 0) is 0 Å². The third-order valence-corrected chi connectivity index (χ3v) is 10.2. The Morgan fingerprint density at radius 1 is 0.302 bits per heavy atom. The van der Waals surface area contributed by atoms with E-state index < -0.39 is 0 Å². The highest BCUT2D eigenvalue weighted by atomic mass is 15.0. The molecule has 0 N–H and O–H groups in total. The van der Waals surface area contributed by atoms with Gasteiger partial charge >= 0.3 is 0 Å². The average Bonchev–Trinajstić information content (AvgIpc) is 3.58. The largest absolute Gasteiger partial charge is 0.309 e. The Bertz CT molecular complexity index is 2800. The van der Waals surface area contributed by atoms with Crippen LogP contribution >= 0.6 is 0 Å². The molecule has 53 heavy (non-hydrogen) atoms. The van der Waals surface area contributed by atoms with Gasteiger partial charge in [0, 0.05) is 33.2 Å². The molecule has 0 unspecified atom stereocenters. The van der Waals surface area contributed by atoms with Gasteiger partial charge in [0.15, 0.2) is 5.82 Å². The molecule has 2 heterocycles. The lowest BCUT2D eigenvalue weighted by molar-refractivity contribution is 1.18. The van der Waals surface area contributed by atoms with Gasteiger partial charge in [-0.3, -0.25) is 0 Å². The van der Waals surface area contributed by atoms with Crippen molar-refractivity contribution >= 4 is 32.6 Å². The van der Waals surface area contributed by atoms with Crippen molar-refractivity contribution in [3.8, 4) is 61.8 Å². The van der Waals surface area contributed by atoms with Crippen molar-refractivity contribution in [2.24, 2.45) is 0 Å². The van der Waals surface area contributed by atoms with Gasteiger partial charge in [-0.1, -0.05) is 158 Å². The monoisotopic (exact) mass is 675 g/mol. The van der Waals surface area contributed by atoms with Gasteiger partial charge in [0.1, 0.15) is 0 Å². The van der Waals surface area contributed by atoms with Crippen LogP contribution in [0.3, 0.4) is 0 Å². The summed E-state index contributed by atoms with van der Waals surface area (Å²) in [6, 6.07) is 71.0. The predicted molar refractivity (Wildman–Crippen MR) is 221 cm³/mol. The van der Waals surface area contributed by atoms with Gasteiger partial charge < -0.3 is 4.57 Å². The van der Waals surface area contributed by atoms with Crippen LogP contribution in [0.4, 0.5) is 0 Å². The molecule has 0 saturated carbocycles. The molecule has 10 aromatic rings. The Labute approximate surface area is 308 Å². The summed E-state index contributed by atoms with van der Waals surface area (Å²) in [6.07, 6.45) is 0. The van der Waals surface area contributed by atoms with E-state index in [4.69, 9.17) is 9.97 Å². The van der Waals surface area contributed by atoms with Gasteiger partial charge in [0.25, 0.3) is 0 Å². The molecule has 0 spiro atoms. The molecule has 0 atom stereocenters. The van der Waals surface area contributed by atoms with Gasteiger partial charge in [0.05, 0.1) is 22.4 Å². The summed E-state index contributed by atoms with van der Waals surface area (Å²) in [4.78, 5) is 10.0. The van der Waals surface area contributed by atoms with Crippen LogP contribution in [-0.4, -0.2) is 14.5 Å². The first kappa shape index (κ1) is 30.7. The second kappa shape index (κ2) is 12.9. The van der Waals surface area contributed by atoms with E-state index in [1.54, 1.807) is 0 Å². The van der Waals surface area contributed by atoms with Crippen molar-refractivity contribution in [1.82, 2.24) is 14.5 Å². The fourth-order valence-electron chi connectivity index (χ4n) is 7.51. The number of nitrogens with zero attached hydrogens (tertiary/aromatic N) is 3. The maximum atomic E-state index is 5.01. The van der Waals surface area contributed by atoms with E-state index in [1.807, 2.05) is 36.4 Å². The van der Waals surface area contributed by atoms with E-state index in [-0.39, 0.29) is 0 Å². The first-order valence-corrected chi connectivity index (χ1v) is 18.0. The summed E-state index contributed by atoms with van der Waals surface area (Å²) in [7, 11) is 0. The van der Waals surface area contributed by atoms with Gasteiger partial charge in [-0.05, 0) is 75.5 Å². The molecule has 10 rings (SSSR count). The Hall–Kier alpha value is -7.10. The maximum absolute atomic E-state index is 5.01. The standard InChI is InChI=1S/C50H33N3/c1-3-11-36(12-4-1)46-33-47(37-13-5-2-6-14-37)52-50(51-46)38-21-19-34(20-22-38)39-23-25-42-32-40(24-26-41(42)31-39)35-27-29-43(30-28-35)53-48-17-9-7-15-44(48)45-16-8-10-18-49(45)53/h1-33H. The normalized spacial score (nSPS) is 11.4. The van der Waals surface area contributed by atoms with Gasteiger partial charge in [-0.2, -0.15) is 0 Å². The number of para-hydroxylation sites is 2. The van der Waals surface area contributed by atoms with Gasteiger partial charge in [0.2, 0.25) is 0 Å². The lowest BCUT2D eigenvalue weighted by atomic mass is 9.97. The molecular weight excluding hydrogens is 643 g/mol. The molecule has 0 radical (unpaired) electrons. The smallest absolute Gasteiger partial charge is 0.160 e. The first-order chi connectivity index (χ1) is 26.2. The molecule has 0 aliphatic heterocycles. The quantitative estimate of drug-likeness (QED) is 0.176. The molecule has 3 nitrogen and oxygen atoms in total. The van der Waals surface area contributed by atoms with Crippen LogP contribution in [0.2, 0.25) is 0 Å². The summed E-state index contributed by atoms with van der Waals surface area (Å²) >= 11 is 0. The minimum absolute atomic E-state index is 0.714. The number of fused-ring (bicyclic) bond motifs is 4. The zero-order chi connectivity index (χ0) is 35.1. The highest BCUT2D eigenvalue weighted by Crippen LogP contribution is 2.34. The lowest BCUT2D eigenvalue weighted by Gasteiger charge is -2.11. The Kier molecular flexibility index (Phi) is 7.47. The second-order valence-electron chi connectivity index (χ2n) is 13.5. The number of rotatable bonds is 6. The summed E-state index contributed by atoms with van der Waals surface area (Å²) in [5.74, 6) is 0.714. The summed E-state index contributed by atoms with van der Waals surface area (Å²) < 4.78 is 2.36. The van der Waals surface area contributed by atoms with Crippen LogP contribution in [0, 0.1) is 0 Å². The Balaban J connectivity index is 0.935. The fourth-order valence-corrected chi connectivity index (χ4v) is 7.51. The topological polar surface area (TPSA) is 30.7 Å². The van der Waals surface area contributed by atoms with Crippen LogP contribution < -0.4 is 0 Å². The van der Waals surface area contributed by atoms with Crippen molar-refractivity contribution in [3.63, 3.8) is 0 Å². The summed E-state index contributed by atoms with van der Waals surface area (Å²) in [5, 5.41) is 4.98. The highest BCUT2D eigenvalue weighted by Gasteiger charge is 2.13. The molecular formula is C50H33N3. The molecule has 0 saturated heterocycles. The third-order valence-electron chi connectivity index (χ3n) is 10.2. The average molecular weight is 676 g/mol. The first-order valence-electron chi connectivity index (χ1n) is 18.0. The van der Waals surface area contributed by atoms with Gasteiger partial charge in [-0.25, -0.2) is 9.97 Å². The minimum Gasteiger partial charge on any atom is -0.309 e. The maximum Gasteiger partial charge on any atom is 0.160 e. The summed E-state index contributed by atoms with van der Waals surface area (Å²) in [5.41, 5.74) is 13.3. The van der Waals surface area contributed by atoms with Crippen molar-refractivity contribution in [2.45, 2.75) is 0 Å². The summed E-state index contributed by atoms with van der Waals surface area (Å²) in [6.45, 7) is 0. The second-order valence-corrected chi connectivity index (χ2v) is 13.5. The number of benzene rings is 8. The number of hydrogen-bond acceptors (Lipinski definition) is 2. The molecule has 0 fully saturated rings. The number of hydrogen-bond donors (Lipinski definition) is 0. The molecule has 248 valence electrons. The molecule has 3 heteroatoms. The predicted octanol–water partition coefficient (Wildman–Crippen LogP) is 13.1. The Morgan fingerprint density at radius 2 is 0.717 bits per heavy atom. The zero-order valence-corrected chi connectivity index (χ0v) is 28.9. The van der Waals surface area contributed by atoms with Crippen molar-refractivity contribution in [3.05, 3.63) is 200 Å². The highest BCUT2D eigenvalue weighted by molar-refractivity contribution is 6.09. The van der Waals surface area contributed by atoms with E-state index >= 15 is 0 Å². The van der Waals surface area contributed by atoms with Crippen LogP contribution in [0.1, 0.15) is 0 Å². The molecule has 0 aliphatic carbocycles. The minimum atomic E-state index is 0.714. The molecule has 0 bridgehead atoms. The number of aromatic nitrogens is 3. The zero-order valence-electron chi connectivity index (χ0n) is 28.9. The van der Waals surface area contributed by atoms with E-state index in [1.165, 1.54) is 49.3 Å². The molecule has 2 aromatic heterocycles. The van der Waals surface area contributed by atoms with E-state index in [2.05, 4.69) is 168 Å². The van der Waals surface area contributed by atoms with E-state index in [0.717, 1.165) is 39.3 Å². The SMILES string of the molecule is c1ccc(-c2cc(-c3ccccc3)nc(-c3ccc(-c4ccc5cc(-c6ccc(-n7c8ccccc8c8ccccc87)cc6)ccc5c4)cc3)n2)cc1.